The Kier molecular flexibility index (Phi) is 5.17. The molecule has 176 valence electrons. The summed E-state index contributed by atoms with van der Waals surface area (Å²) in [6.07, 6.45) is 4.06. The minimum Gasteiger partial charge on any atom is -0.389 e. The average Bonchev–Trinajstić information content (AvgIpc) is 3.58. The lowest BCUT2D eigenvalue weighted by Crippen LogP contribution is -2.45. The summed E-state index contributed by atoms with van der Waals surface area (Å²) in [6.45, 7) is 1.63. The number of aliphatic hydroxyl groups excluding tert-OH is 2. The van der Waals surface area contributed by atoms with E-state index in [0.29, 0.717) is 28.5 Å². The quantitative estimate of drug-likeness (QED) is 0.293. The SMILES string of the molecule is CNC(=O)C1(C)C[C@@H](n2cnc3c(NC)nc(-n4cc(-c5ncccn5)nn4)nc32)[C@H](O)[C@@H]1O. The number of aliphatic hydroxyl groups is 2. The molecule has 1 saturated carbocycles. The summed E-state index contributed by atoms with van der Waals surface area (Å²) in [6, 6.07) is 1.06. The summed E-state index contributed by atoms with van der Waals surface area (Å²) in [4.78, 5) is 34.3. The number of aromatic nitrogens is 9. The van der Waals surface area contributed by atoms with Crippen LogP contribution in [0.1, 0.15) is 19.4 Å². The molecule has 1 fully saturated rings. The van der Waals surface area contributed by atoms with Gasteiger partial charge >= 0.3 is 0 Å². The summed E-state index contributed by atoms with van der Waals surface area (Å²) in [5, 5.41) is 35.3. The summed E-state index contributed by atoms with van der Waals surface area (Å²) in [5.41, 5.74) is 0.139. The van der Waals surface area contributed by atoms with Crippen molar-refractivity contribution in [1.82, 2.24) is 49.8 Å². The van der Waals surface area contributed by atoms with Gasteiger partial charge in [-0.1, -0.05) is 5.21 Å². The molecule has 14 nitrogen and oxygen atoms in total. The predicted octanol–water partition coefficient (Wildman–Crippen LogP) is -0.675. The Morgan fingerprint density at radius 2 is 1.94 bits per heavy atom. The van der Waals surface area contributed by atoms with Crippen LogP contribution in [0.2, 0.25) is 0 Å². The fourth-order valence-electron chi connectivity index (χ4n) is 4.36. The molecule has 5 rings (SSSR count). The number of nitrogens with one attached hydrogen (secondary N) is 2. The zero-order chi connectivity index (χ0) is 24.0. The number of carbonyl (C=O) groups excluding carboxylic acids is 1. The van der Waals surface area contributed by atoms with Crippen LogP contribution in [0.15, 0.2) is 31.0 Å². The lowest BCUT2D eigenvalue weighted by atomic mass is 9.85. The summed E-state index contributed by atoms with van der Waals surface area (Å²) in [5.74, 6) is 0.699. The van der Waals surface area contributed by atoms with E-state index < -0.39 is 23.7 Å². The van der Waals surface area contributed by atoms with Gasteiger partial charge in [0, 0.05) is 26.5 Å². The molecule has 4 heterocycles. The van der Waals surface area contributed by atoms with Gasteiger partial charge < -0.3 is 25.4 Å². The predicted molar refractivity (Wildman–Crippen MR) is 119 cm³/mol. The van der Waals surface area contributed by atoms with Crippen molar-refractivity contribution in [3.63, 3.8) is 0 Å². The smallest absolute Gasteiger partial charge is 0.256 e. The molecule has 4 N–H and O–H groups in total. The van der Waals surface area contributed by atoms with Crippen LogP contribution >= 0.6 is 0 Å². The van der Waals surface area contributed by atoms with Crippen molar-refractivity contribution in [2.75, 3.05) is 19.4 Å². The van der Waals surface area contributed by atoms with Crippen molar-refractivity contribution in [3.8, 4) is 17.5 Å². The van der Waals surface area contributed by atoms with E-state index in [1.54, 1.807) is 43.2 Å². The second-order valence-corrected chi connectivity index (χ2v) is 8.27. The van der Waals surface area contributed by atoms with E-state index in [9.17, 15) is 15.0 Å². The monoisotopic (exact) mass is 465 g/mol. The summed E-state index contributed by atoms with van der Waals surface area (Å²) >= 11 is 0. The van der Waals surface area contributed by atoms with Crippen LogP contribution in [0.5, 0.6) is 0 Å². The van der Waals surface area contributed by atoms with E-state index in [1.165, 1.54) is 18.1 Å². The van der Waals surface area contributed by atoms with Gasteiger partial charge in [-0.2, -0.15) is 14.6 Å². The van der Waals surface area contributed by atoms with Gasteiger partial charge in [0.2, 0.25) is 5.91 Å². The van der Waals surface area contributed by atoms with E-state index in [4.69, 9.17) is 0 Å². The van der Waals surface area contributed by atoms with E-state index in [0.717, 1.165) is 0 Å². The Bertz CT molecular complexity index is 1350. The van der Waals surface area contributed by atoms with Crippen molar-refractivity contribution in [2.24, 2.45) is 5.41 Å². The topological polar surface area (TPSA) is 182 Å². The van der Waals surface area contributed by atoms with Crippen molar-refractivity contribution in [1.29, 1.82) is 0 Å². The molecule has 4 aromatic heterocycles. The maximum absolute atomic E-state index is 12.5. The van der Waals surface area contributed by atoms with E-state index >= 15 is 0 Å². The van der Waals surface area contributed by atoms with Crippen LogP contribution in [0.25, 0.3) is 28.6 Å². The highest BCUT2D eigenvalue weighted by molar-refractivity contribution is 5.85. The van der Waals surface area contributed by atoms with E-state index in [2.05, 4.69) is 45.9 Å². The van der Waals surface area contributed by atoms with Crippen molar-refractivity contribution in [2.45, 2.75) is 31.6 Å². The van der Waals surface area contributed by atoms with E-state index in [-0.39, 0.29) is 18.3 Å². The standard InChI is InChI=1S/C20H23N11O3/c1-20(18(34)22-3)7-11(13(32)14(20)33)30-9-25-12-16(21-2)26-19(27-17(12)30)31-8-10(28-29-31)15-23-5-4-6-24-15/h4-6,8-9,11,13-14,32-33H,7H2,1-3H3,(H,22,34)(H,21,26,27)/t11-,13+,14+,20?/m1/s1. The zero-order valence-corrected chi connectivity index (χ0v) is 18.7. The first kappa shape index (κ1) is 21.8. The molecule has 14 heteroatoms. The Balaban J connectivity index is 1.58. The van der Waals surface area contributed by atoms with Crippen LogP contribution < -0.4 is 10.6 Å². The highest BCUT2D eigenvalue weighted by Crippen LogP contribution is 2.45. The number of anilines is 1. The van der Waals surface area contributed by atoms with Gasteiger partial charge in [0.25, 0.3) is 5.95 Å². The van der Waals surface area contributed by atoms with Gasteiger partial charge in [0.05, 0.1) is 30.1 Å². The second-order valence-electron chi connectivity index (χ2n) is 8.27. The van der Waals surface area contributed by atoms with Gasteiger partial charge in [-0.05, 0) is 19.4 Å². The van der Waals surface area contributed by atoms with Crippen LogP contribution in [-0.4, -0.2) is 86.9 Å². The second kappa shape index (κ2) is 8.07. The minimum absolute atomic E-state index is 0.188. The maximum atomic E-state index is 12.5. The fourth-order valence-corrected chi connectivity index (χ4v) is 4.36. The number of rotatable bonds is 5. The molecule has 0 aromatic carbocycles. The van der Waals surface area contributed by atoms with Crippen LogP contribution in [0, 0.1) is 5.41 Å². The van der Waals surface area contributed by atoms with Crippen LogP contribution in [0.4, 0.5) is 5.82 Å². The van der Waals surface area contributed by atoms with Gasteiger partial charge in [-0.3, -0.25) is 4.79 Å². The van der Waals surface area contributed by atoms with Crippen molar-refractivity contribution < 1.29 is 15.0 Å². The van der Waals surface area contributed by atoms with Gasteiger partial charge in [0.1, 0.15) is 6.10 Å². The third-order valence-corrected chi connectivity index (χ3v) is 6.25. The molecule has 0 spiro atoms. The highest BCUT2D eigenvalue weighted by atomic mass is 16.3. The molecule has 4 aromatic rings. The fraction of sp³-hybridized carbons (Fsp3) is 0.400. The molecule has 1 unspecified atom stereocenters. The number of imidazole rings is 1. The largest absolute Gasteiger partial charge is 0.389 e. The highest BCUT2D eigenvalue weighted by Gasteiger charge is 2.54. The number of fused-ring (bicyclic) bond motifs is 1. The normalized spacial score (nSPS) is 24.4. The molecule has 4 atom stereocenters. The third-order valence-electron chi connectivity index (χ3n) is 6.25. The lowest BCUT2D eigenvalue weighted by Gasteiger charge is -2.26. The molecule has 0 radical (unpaired) electrons. The lowest BCUT2D eigenvalue weighted by molar-refractivity contribution is -0.136. The summed E-state index contributed by atoms with van der Waals surface area (Å²) in [7, 11) is 3.20. The Labute approximate surface area is 193 Å². The van der Waals surface area contributed by atoms with Crippen molar-refractivity contribution >= 4 is 22.9 Å². The Morgan fingerprint density at radius 1 is 1.18 bits per heavy atom. The molecule has 34 heavy (non-hydrogen) atoms. The molecule has 1 aliphatic rings. The zero-order valence-electron chi connectivity index (χ0n) is 18.7. The number of amides is 1. The van der Waals surface area contributed by atoms with Crippen molar-refractivity contribution in [3.05, 3.63) is 31.0 Å². The minimum atomic E-state index is -1.26. The Hall–Kier alpha value is -4.04. The van der Waals surface area contributed by atoms with Crippen LogP contribution in [-0.2, 0) is 4.79 Å². The van der Waals surface area contributed by atoms with Gasteiger partial charge in [0.15, 0.2) is 28.5 Å². The number of nitrogens with zero attached hydrogens (tertiary/aromatic N) is 9. The molecule has 1 amide bonds. The first-order valence-corrected chi connectivity index (χ1v) is 10.6. The average molecular weight is 465 g/mol. The molecule has 0 aliphatic heterocycles. The molecular formula is C20H23N11O3. The van der Waals surface area contributed by atoms with Crippen LogP contribution in [0.3, 0.4) is 0 Å². The number of hydrogen-bond donors (Lipinski definition) is 4. The maximum Gasteiger partial charge on any atom is 0.256 e. The van der Waals surface area contributed by atoms with E-state index in [1.807, 2.05) is 0 Å². The first-order chi connectivity index (χ1) is 16.4. The van der Waals surface area contributed by atoms with Gasteiger partial charge in [-0.15, -0.1) is 5.10 Å². The molecule has 0 bridgehead atoms. The first-order valence-electron chi connectivity index (χ1n) is 10.6. The summed E-state index contributed by atoms with van der Waals surface area (Å²) < 4.78 is 3.04. The molecule has 0 saturated heterocycles. The Morgan fingerprint density at radius 3 is 2.65 bits per heavy atom. The van der Waals surface area contributed by atoms with Gasteiger partial charge in [-0.25, -0.2) is 15.0 Å². The number of carbonyl (C=O) groups is 1. The molecule has 1 aliphatic carbocycles. The molecular weight excluding hydrogens is 442 g/mol. The number of hydrogen-bond acceptors (Lipinski definition) is 11. The third kappa shape index (κ3) is 3.26.